The molecule has 0 bridgehead atoms. The van der Waals surface area contributed by atoms with Crippen molar-refractivity contribution in [1.29, 1.82) is 0 Å². The highest BCUT2D eigenvalue weighted by Crippen LogP contribution is 2.06. The number of hydrogen-bond donors (Lipinski definition) is 0. The van der Waals surface area contributed by atoms with E-state index in [9.17, 15) is 4.79 Å². The number of halogens is 1. The first kappa shape index (κ1) is 8.81. The summed E-state index contributed by atoms with van der Waals surface area (Å²) < 4.78 is 5.17. The Balaban J connectivity index is 2.47. The number of ether oxygens (including phenoxy) is 1. The van der Waals surface area contributed by atoms with Crippen molar-refractivity contribution in [3.05, 3.63) is 0 Å². The molecular weight excluding hydrogens is 166 g/mol. The zero-order chi connectivity index (χ0) is 8.27. The smallest absolute Gasteiger partial charge is 0.237 e. The minimum Gasteiger partial charge on any atom is -0.377 e. The summed E-state index contributed by atoms with van der Waals surface area (Å²) in [7, 11) is 0. The average molecular weight is 178 g/mol. The molecule has 0 unspecified atom stereocenters. The second kappa shape index (κ2) is 3.93. The normalized spacial score (nSPS) is 25.3. The largest absolute Gasteiger partial charge is 0.377 e. The number of hydrogen-bond acceptors (Lipinski definition) is 2. The summed E-state index contributed by atoms with van der Waals surface area (Å²) in [5, 5.41) is 0. The van der Waals surface area contributed by atoms with Crippen molar-refractivity contribution in [2.75, 3.05) is 25.6 Å². The number of nitrogens with zero attached hydrogens (tertiary/aromatic N) is 1. The molecule has 0 saturated carbocycles. The van der Waals surface area contributed by atoms with Gasteiger partial charge in [0.1, 0.15) is 5.88 Å². The molecule has 1 amide bonds. The Bertz CT molecular complexity index is 151. The Labute approximate surface area is 71.3 Å². The van der Waals surface area contributed by atoms with Crippen LogP contribution < -0.4 is 0 Å². The van der Waals surface area contributed by atoms with Gasteiger partial charge in [0.15, 0.2) is 0 Å². The summed E-state index contributed by atoms with van der Waals surface area (Å²) in [6.07, 6.45) is 0. The highest BCUT2D eigenvalue weighted by atomic mass is 35.5. The number of alkyl halides is 1. The molecule has 1 saturated heterocycles. The Morgan fingerprint density at radius 1 is 1.82 bits per heavy atom. The van der Waals surface area contributed by atoms with Crippen molar-refractivity contribution >= 4 is 17.5 Å². The van der Waals surface area contributed by atoms with Crippen LogP contribution in [-0.2, 0) is 9.53 Å². The molecule has 0 aromatic rings. The highest BCUT2D eigenvalue weighted by molar-refractivity contribution is 6.27. The first-order valence-electron chi connectivity index (χ1n) is 3.69. The molecule has 0 aromatic carbocycles. The van der Waals surface area contributed by atoms with Crippen LogP contribution in [0, 0.1) is 0 Å². The van der Waals surface area contributed by atoms with Gasteiger partial charge in [0.25, 0.3) is 0 Å². The Hall–Kier alpha value is -0.280. The fourth-order valence-electron chi connectivity index (χ4n) is 1.17. The van der Waals surface area contributed by atoms with Crippen molar-refractivity contribution in [3.8, 4) is 0 Å². The topological polar surface area (TPSA) is 29.5 Å². The van der Waals surface area contributed by atoms with Gasteiger partial charge in [-0.1, -0.05) is 0 Å². The molecule has 1 heterocycles. The van der Waals surface area contributed by atoms with E-state index < -0.39 is 0 Å². The van der Waals surface area contributed by atoms with Crippen molar-refractivity contribution in [2.45, 2.75) is 13.0 Å². The van der Waals surface area contributed by atoms with Crippen LogP contribution in [0.4, 0.5) is 0 Å². The monoisotopic (exact) mass is 177 g/mol. The molecule has 1 aliphatic heterocycles. The molecule has 11 heavy (non-hydrogen) atoms. The van der Waals surface area contributed by atoms with Gasteiger partial charge in [0.05, 0.1) is 19.3 Å². The van der Waals surface area contributed by atoms with Gasteiger partial charge in [-0.25, -0.2) is 0 Å². The van der Waals surface area contributed by atoms with E-state index in [1.54, 1.807) is 4.90 Å². The zero-order valence-electron chi connectivity index (χ0n) is 6.55. The van der Waals surface area contributed by atoms with E-state index in [4.69, 9.17) is 16.3 Å². The second-order valence-corrected chi connectivity index (χ2v) is 2.91. The molecular formula is C7H12ClNO2. The number of morpholine rings is 1. The molecule has 1 fully saturated rings. The van der Waals surface area contributed by atoms with Gasteiger partial charge in [0.2, 0.25) is 5.91 Å². The van der Waals surface area contributed by atoms with E-state index in [0.717, 1.165) is 0 Å². The molecule has 0 aliphatic carbocycles. The number of rotatable bonds is 1. The maximum atomic E-state index is 11.1. The molecule has 4 heteroatoms. The van der Waals surface area contributed by atoms with E-state index >= 15 is 0 Å². The third-order valence-electron chi connectivity index (χ3n) is 1.80. The van der Waals surface area contributed by atoms with E-state index in [0.29, 0.717) is 19.8 Å². The summed E-state index contributed by atoms with van der Waals surface area (Å²) in [6.45, 7) is 3.89. The number of carbonyl (C=O) groups excluding carboxylic acids is 1. The molecule has 1 rings (SSSR count). The van der Waals surface area contributed by atoms with E-state index in [1.165, 1.54) is 0 Å². The maximum Gasteiger partial charge on any atom is 0.237 e. The summed E-state index contributed by atoms with van der Waals surface area (Å²) in [4.78, 5) is 12.9. The molecule has 1 atom stereocenters. The van der Waals surface area contributed by atoms with Crippen molar-refractivity contribution in [1.82, 2.24) is 4.90 Å². The van der Waals surface area contributed by atoms with Crippen LogP contribution in [0.1, 0.15) is 6.92 Å². The Kier molecular flexibility index (Phi) is 3.15. The van der Waals surface area contributed by atoms with E-state index in [1.807, 2.05) is 6.92 Å². The van der Waals surface area contributed by atoms with Gasteiger partial charge in [0, 0.05) is 6.54 Å². The second-order valence-electron chi connectivity index (χ2n) is 2.64. The van der Waals surface area contributed by atoms with Gasteiger partial charge in [-0.05, 0) is 6.92 Å². The van der Waals surface area contributed by atoms with E-state index in [2.05, 4.69) is 0 Å². The van der Waals surface area contributed by atoms with Crippen LogP contribution >= 0.6 is 11.6 Å². The Morgan fingerprint density at radius 2 is 2.55 bits per heavy atom. The summed E-state index contributed by atoms with van der Waals surface area (Å²) in [6, 6.07) is 0.176. The molecule has 64 valence electrons. The molecule has 3 nitrogen and oxygen atoms in total. The van der Waals surface area contributed by atoms with Gasteiger partial charge in [-0.2, -0.15) is 0 Å². The zero-order valence-corrected chi connectivity index (χ0v) is 7.30. The van der Waals surface area contributed by atoms with Gasteiger partial charge >= 0.3 is 0 Å². The third kappa shape index (κ3) is 2.07. The summed E-state index contributed by atoms with van der Waals surface area (Å²) >= 11 is 5.42. The third-order valence-corrected chi connectivity index (χ3v) is 2.03. The summed E-state index contributed by atoms with van der Waals surface area (Å²) in [5.74, 6) is 0.0760. The lowest BCUT2D eigenvalue weighted by atomic mass is 10.2. The van der Waals surface area contributed by atoms with Crippen LogP contribution in [0.15, 0.2) is 0 Å². The quantitative estimate of drug-likeness (QED) is 0.545. The molecule has 1 aliphatic rings. The van der Waals surface area contributed by atoms with Crippen LogP contribution in [0.3, 0.4) is 0 Å². The van der Waals surface area contributed by atoms with E-state index in [-0.39, 0.29) is 17.8 Å². The van der Waals surface area contributed by atoms with Crippen molar-refractivity contribution < 1.29 is 9.53 Å². The molecule has 0 aromatic heterocycles. The lowest BCUT2D eigenvalue weighted by molar-refractivity contribution is -0.136. The van der Waals surface area contributed by atoms with Crippen molar-refractivity contribution in [2.24, 2.45) is 0 Å². The SMILES string of the molecule is C[C@@H]1COCCN1C(=O)CCl. The average Bonchev–Trinajstić information content (AvgIpc) is 2.04. The van der Waals surface area contributed by atoms with Crippen LogP contribution in [0.5, 0.6) is 0 Å². The molecule has 0 radical (unpaired) electrons. The molecule has 0 N–H and O–H groups in total. The minimum absolute atomic E-state index is 0.00228. The van der Waals surface area contributed by atoms with Crippen LogP contribution in [0.25, 0.3) is 0 Å². The van der Waals surface area contributed by atoms with Crippen LogP contribution in [0.2, 0.25) is 0 Å². The van der Waals surface area contributed by atoms with Crippen LogP contribution in [-0.4, -0.2) is 42.5 Å². The van der Waals surface area contributed by atoms with Gasteiger partial charge in [-0.3, -0.25) is 4.79 Å². The number of amides is 1. The number of carbonyl (C=O) groups is 1. The lowest BCUT2D eigenvalue weighted by Crippen LogP contribution is -2.47. The van der Waals surface area contributed by atoms with Gasteiger partial charge in [-0.15, -0.1) is 11.6 Å². The predicted molar refractivity (Wildman–Crippen MR) is 42.7 cm³/mol. The highest BCUT2D eigenvalue weighted by Gasteiger charge is 2.22. The Morgan fingerprint density at radius 3 is 3.09 bits per heavy atom. The van der Waals surface area contributed by atoms with Gasteiger partial charge < -0.3 is 9.64 Å². The molecule has 0 spiro atoms. The first-order valence-corrected chi connectivity index (χ1v) is 4.22. The fourth-order valence-corrected chi connectivity index (χ4v) is 1.33. The minimum atomic E-state index is 0.00228. The maximum absolute atomic E-state index is 11.1. The predicted octanol–water partition coefficient (Wildman–Crippen LogP) is 0.472. The lowest BCUT2D eigenvalue weighted by Gasteiger charge is -2.32. The fraction of sp³-hybridized carbons (Fsp3) is 0.857. The first-order chi connectivity index (χ1) is 5.25. The van der Waals surface area contributed by atoms with Crippen molar-refractivity contribution in [3.63, 3.8) is 0 Å². The summed E-state index contributed by atoms with van der Waals surface area (Å²) in [5.41, 5.74) is 0. The standard InChI is InChI=1S/C7H12ClNO2/c1-6-5-11-3-2-9(6)7(10)4-8/h6H,2-5H2,1H3/t6-/m1/s1.